The number of hydrogen-bond acceptors (Lipinski definition) is 2. The molecule has 1 unspecified atom stereocenters. The van der Waals surface area contributed by atoms with Gasteiger partial charge in [-0.05, 0) is 18.8 Å². The predicted octanol–water partition coefficient (Wildman–Crippen LogP) is 2.15. The second-order valence-corrected chi connectivity index (χ2v) is 6.09. The van der Waals surface area contributed by atoms with Crippen molar-refractivity contribution in [1.82, 2.24) is 0 Å². The van der Waals surface area contributed by atoms with E-state index in [1.165, 1.54) is 12.8 Å². The molecule has 0 radical (unpaired) electrons. The Labute approximate surface area is 88.9 Å². The second-order valence-electron chi connectivity index (χ2n) is 4.59. The maximum Gasteiger partial charge on any atom is 0.148 e. The summed E-state index contributed by atoms with van der Waals surface area (Å²) < 4.78 is 11.5. The summed E-state index contributed by atoms with van der Waals surface area (Å²) in [6.45, 7) is 4.08. The van der Waals surface area contributed by atoms with Crippen LogP contribution >= 0.6 is 0 Å². The van der Waals surface area contributed by atoms with E-state index in [2.05, 4.69) is 0 Å². The van der Waals surface area contributed by atoms with Crippen LogP contribution in [-0.2, 0) is 15.6 Å². The lowest BCUT2D eigenvalue weighted by Crippen LogP contribution is -2.21. The largest absolute Gasteiger partial charge is 0.298 e. The van der Waals surface area contributed by atoms with Crippen molar-refractivity contribution in [3.63, 3.8) is 0 Å². The fraction of sp³-hybridized carbons (Fsp3) is 0.909. The third-order valence-electron chi connectivity index (χ3n) is 2.63. The van der Waals surface area contributed by atoms with E-state index < -0.39 is 10.8 Å². The molecule has 0 aromatic rings. The Hall–Kier alpha value is -0.180. The van der Waals surface area contributed by atoms with Gasteiger partial charge in [0, 0.05) is 22.5 Å². The smallest absolute Gasteiger partial charge is 0.148 e. The highest BCUT2D eigenvalue weighted by molar-refractivity contribution is 7.85. The summed E-state index contributed by atoms with van der Waals surface area (Å²) in [6, 6.07) is 0. The minimum atomic E-state index is -0.926. The van der Waals surface area contributed by atoms with Crippen molar-refractivity contribution in [1.29, 1.82) is 0 Å². The van der Waals surface area contributed by atoms with Gasteiger partial charge in [-0.3, -0.25) is 9.00 Å². The molecule has 1 saturated carbocycles. The molecule has 14 heavy (non-hydrogen) atoms. The molecule has 2 nitrogen and oxygen atoms in total. The van der Waals surface area contributed by atoms with Crippen molar-refractivity contribution in [3.8, 4) is 0 Å². The molecule has 1 aliphatic carbocycles. The average Bonchev–Trinajstić information content (AvgIpc) is 2.53. The van der Waals surface area contributed by atoms with E-state index in [1.807, 2.05) is 13.8 Å². The van der Waals surface area contributed by atoms with Crippen LogP contribution in [-0.4, -0.2) is 21.5 Å². The van der Waals surface area contributed by atoms with E-state index in [1.54, 1.807) is 0 Å². The molecule has 0 spiro atoms. The summed E-state index contributed by atoms with van der Waals surface area (Å²) in [4.78, 5) is 11.6. The fourth-order valence-corrected chi connectivity index (χ4v) is 3.37. The fourth-order valence-electron chi connectivity index (χ4n) is 1.96. The first-order valence-electron chi connectivity index (χ1n) is 5.47. The van der Waals surface area contributed by atoms with Crippen molar-refractivity contribution in [2.24, 2.45) is 11.8 Å². The van der Waals surface area contributed by atoms with Gasteiger partial charge in [0.2, 0.25) is 0 Å². The van der Waals surface area contributed by atoms with Crippen LogP contribution in [0.5, 0.6) is 0 Å². The first-order chi connectivity index (χ1) is 6.59. The number of carbonyl (C=O) groups excluding carboxylic acids is 1. The SMILES string of the molecule is CC(C)CS(=O)CC(=O)C1CCCC1. The van der Waals surface area contributed by atoms with Gasteiger partial charge in [-0.15, -0.1) is 0 Å². The predicted molar refractivity (Wildman–Crippen MR) is 59.7 cm³/mol. The maximum atomic E-state index is 11.6. The summed E-state index contributed by atoms with van der Waals surface area (Å²) in [7, 11) is -0.926. The Bertz CT molecular complexity index is 217. The highest BCUT2D eigenvalue weighted by Crippen LogP contribution is 2.25. The van der Waals surface area contributed by atoms with Crippen LogP contribution in [0.1, 0.15) is 39.5 Å². The Morgan fingerprint density at radius 3 is 2.43 bits per heavy atom. The zero-order valence-corrected chi connectivity index (χ0v) is 9.94. The molecule has 0 amide bonds. The molecule has 1 rings (SSSR count). The molecule has 0 aromatic heterocycles. The third-order valence-corrected chi connectivity index (χ3v) is 4.28. The van der Waals surface area contributed by atoms with E-state index in [9.17, 15) is 9.00 Å². The van der Waals surface area contributed by atoms with Crippen LogP contribution < -0.4 is 0 Å². The molecule has 1 aliphatic rings. The molecule has 0 aromatic carbocycles. The Morgan fingerprint density at radius 1 is 1.36 bits per heavy atom. The summed E-state index contributed by atoms with van der Waals surface area (Å²) in [5.41, 5.74) is 0. The summed E-state index contributed by atoms with van der Waals surface area (Å²) in [5.74, 6) is 1.85. The van der Waals surface area contributed by atoms with Crippen molar-refractivity contribution >= 4 is 16.6 Å². The van der Waals surface area contributed by atoms with Gasteiger partial charge in [-0.2, -0.15) is 0 Å². The van der Waals surface area contributed by atoms with Crippen molar-refractivity contribution in [2.75, 3.05) is 11.5 Å². The molecule has 0 saturated heterocycles. The molecular formula is C11H20O2S. The molecule has 82 valence electrons. The van der Waals surface area contributed by atoms with Gasteiger partial charge in [0.25, 0.3) is 0 Å². The minimum Gasteiger partial charge on any atom is -0.298 e. The summed E-state index contributed by atoms with van der Waals surface area (Å²) in [6.07, 6.45) is 4.40. The van der Waals surface area contributed by atoms with Crippen LogP contribution in [0.4, 0.5) is 0 Å². The van der Waals surface area contributed by atoms with E-state index >= 15 is 0 Å². The lowest BCUT2D eigenvalue weighted by atomic mass is 10.0. The molecule has 0 aliphatic heterocycles. The van der Waals surface area contributed by atoms with E-state index in [0.717, 1.165) is 12.8 Å². The van der Waals surface area contributed by atoms with Crippen LogP contribution in [0, 0.1) is 11.8 Å². The van der Waals surface area contributed by atoms with Crippen LogP contribution in [0.3, 0.4) is 0 Å². The Balaban J connectivity index is 2.28. The molecule has 1 fully saturated rings. The van der Waals surface area contributed by atoms with Crippen molar-refractivity contribution < 1.29 is 9.00 Å². The minimum absolute atomic E-state index is 0.228. The molecule has 3 heteroatoms. The van der Waals surface area contributed by atoms with Gasteiger partial charge in [-0.25, -0.2) is 0 Å². The van der Waals surface area contributed by atoms with Gasteiger partial charge in [0.05, 0.1) is 5.75 Å². The van der Waals surface area contributed by atoms with E-state index in [0.29, 0.717) is 17.4 Å². The highest BCUT2D eigenvalue weighted by atomic mass is 32.2. The maximum absolute atomic E-state index is 11.6. The number of hydrogen-bond donors (Lipinski definition) is 0. The van der Waals surface area contributed by atoms with Gasteiger partial charge in [-0.1, -0.05) is 26.7 Å². The Morgan fingerprint density at radius 2 is 1.93 bits per heavy atom. The zero-order chi connectivity index (χ0) is 10.6. The summed E-state index contributed by atoms with van der Waals surface area (Å²) >= 11 is 0. The first kappa shape index (κ1) is 11.9. The van der Waals surface area contributed by atoms with Crippen molar-refractivity contribution in [3.05, 3.63) is 0 Å². The summed E-state index contributed by atoms with van der Waals surface area (Å²) in [5, 5.41) is 0. The lowest BCUT2D eigenvalue weighted by molar-refractivity contribution is -0.120. The zero-order valence-electron chi connectivity index (χ0n) is 9.12. The van der Waals surface area contributed by atoms with Gasteiger partial charge in [0.15, 0.2) is 0 Å². The normalized spacial score (nSPS) is 20.2. The Kier molecular flexibility index (Phi) is 4.79. The van der Waals surface area contributed by atoms with Crippen LogP contribution in [0.25, 0.3) is 0 Å². The van der Waals surface area contributed by atoms with Crippen LogP contribution in [0.2, 0.25) is 0 Å². The van der Waals surface area contributed by atoms with E-state index in [-0.39, 0.29) is 11.7 Å². The van der Waals surface area contributed by atoms with Crippen molar-refractivity contribution in [2.45, 2.75) is 39.5 Å². The lowest BCUT2D eigenvalue weighted by Gasteiger charge is -2.08. The van der Waals surface area contributed by atoms with Gasteiger partial charge in [0.1, 0.15) is 5.78 Å². The molecule has 0 N–H and O–H groups in total. The topological polar surface area (TPSA) is 34.1 Å². The molecule has 1 atom stereocenters. The third kappa shape index (κ3) is 3.91. The highest BCUT2D eigenvalue weighted by Gasteiger charge is 2.23. The van der Waals surface area contributed by atoms with Gasteiger partial charge >= 0.3 is 0 Å². The van der Waals surface area contributed by atoms with Crippen LogP contribution in [0.15, 0.2) is 0 Å². The standard InChI is InChI=1S/C11H20O2S/c1-9(2)7-14(13)8-11(12)10-5-3-4-6-10/h9-10H,3-8H2,1-2H3. The number of Topliss-reactive ketones (excluding diaryl/α,β-unsaturated/α-hetero) is 1. The number of carbonyl (C=O) groups is 1. The monoisotopic (exact) mass is 216 g/mol. The molecular weight excluding hydrogens is 196 g/mol. The molecule has 0 heterocycles. The first-order valence-corrected chi connectivity index (χ1v) is 6.96. The molecule has 0 bridgehead atoms. The van der Waals surface area contributed by atoms with E-state index in [4.69, 9.17) is 0 Å². The average molecular weight is 216 g/mol. The number of rotatable bonds is 5. The quantitative estimate of drug-likeness (QED) is 0.705. The van der Waals surface area contributed by atoms with Gasteiger partial charge < -0.3 is 0 Å². The second kappa shape index (κ2) is 5.64. The number of ketones is 1.